The molecule has 0 saturated heterocycles. The van der Waals surface area contributed by atoms with Crippen LogP contribution in [0.15, 0.2) is 0 Å². The second-order valence-electron chi connectivity index (χ2n) is 2.06. The number of nitrogens with zero attached hydrogens (tertiary/aromatic N) is 4. The molecule has 0 N–H and O–H groups in total. The van der Waals surface area contributed by atoms with Gasteiger partial charge in [-0.15, -0.1) is 4.98 Å². The average Bonchev–Trinajstić information content (AvgIpc) is 2.17. The molecule has 0 amide bonds. The highest BCUT2D eigenvalue weighted by Crippen LogP contribution is 2.08. The van der Waals surface area contributed by atoms with Gasteiger partial charge in [0.15, 0.2) is 5.82 Å². The van der Waals surface area contributed by atoms with Gasteiger partial charge in [-0.3, -0.25) is 0 Å². The maximum atomic E-state index is 8.41. The lowest BCUT2D eigenvalue weighted by molar-refractivity contribution is 0.337. The molecule has 1 aromatic rings. The molecule has 0 aromatic carbocycles. The minimum Gasteiger partial charge on any atom is -0.467 e. The van der Waals surface area contributed by atoms with Gasteiger partial charge in [0.2, 0.25) is 0 Å². The molecule has 0 saturated carbocycles. The molecule has 68 valence electrons. The van der Waals surface area contributed by atoms with E-state index in [0.29, 0.717) is 5.82 Å². The van der Waals surface area contributed by atoms with Crippen molar-refractivity contribution >= 4 is 0 Å². The minimum absolute atomic E-state index is 0.106. The number of ether oxygens (including phenoxy) is 2. The lowest BCUT2D eigenvalue weighted by Crippen LogP contribution is -2.02. The summed E-state index contributed by atoms with van der Waals surface area (Å²) in [6.45, 7) is 0. The van der Waals surface area contributed by atoms with Crippen molar-refractivity contribution in [2.45, 2.75) is 6.42 Å². The molecule has 0 unspecified atom stereocenters. The van der Waals surface area contributed by atoms with Crippen molar-refractivity contribution in [3.8, 4) is 18.1 Å². The van der Waals surface area contributed by atoms with Gasteiger partial charge in [-0.1, -0.05) is 0 Å². The van der Waals surface area contributed by atoms with Crippen LogP contribution in [-0.4, -0.2) is 29.2 Å². The van der Waals surface area contributed by atoms with Gasteiger partial charge in [0.05, 0.1) is 26.7 Å². The molecule has 1 rings (SSSR count). The van der Waals surface area contributed by atoms with Crippen LogP contribution >= 0.6 is 0 Å². The van der Waals surface area contributed by atoms with Crippen molar-refractivity contribution in [1.82, 2.24) is 15.0 Å². The van der Waals surface area contributed by atoms with E-state index in [0.717, 1.165) is 0 Å². The van der Waals surface area contributed by atoms with Crippen LogP contribution in [0.2, 0.25) is 0 Å². The van der Waals surface area contributed by atoms with Crippen LogP contribution in [-0.2, 0) is 6.42 Å². The number of nitriles is 1. The second-order valence-corrected chi connectivity index (χ2v) is 2.06. The van der Waals surface area contributed by atoms with Gasteiger partial charge in [-0.25, -0.2) is 0 Å². The van der Waals surface area contributed by atoms with E-state index in [1.807, 2.05) is 6.07 Å². The van der Waals surface area contributed by atoms with Crippen LogP contribution in [0, 0.1) is 11.3 Å². The summed E-state index contributed by atoms with van der Waals surface area (Å²) < 4.78 is 9.58. The Morgan fingerprint density at radius 1 is 1.15 bits per heavy atom. The third kappa shape index (κ3) is 2.27. The van der Waals surface area contributed by atoms with Crippen LogP contribution in [0.1, 0.15) is 5.82 Å². The Labute approximate surface area is 75.2 Å². The smallest absolute Gasteiger partial charge is 0.322 e. The zero-order valence-corrected chi connectivity index (χ0v) is 7.31. The summed E-state index contributed by atoms with van der Waals surface area (Å²) in [5.41, 5.74) is 0. The Morgan fingerprint density at radius 2 is 1.69 bits per heavy atom. The third-order valence-corrected chi connectivity index (χ3v) is 1.24. The number of rotatable bonds is 3. The first-order valence-electron chi connectivity index (χ1n) is 3.50. The van der Waals surface area contributed by atoms with Crippen LogP contribution in [0.3, 0.4) is 0 Å². The van der Waals surface area contributed by atoms with E-state index < -0.39 is 0 Å². The van der Waals surface area contributed by atoms with E-state index in [-0.39, 0.29) is 18.4 Å². The maximum absolute atomic E-state index is 8.41. The molecule has 0 fully saturated rings. The van der Waals surface area contributed by atoms with Crippen molar-refractivity contribution in [2.24, 2.45) is 0 Å². The largest absolute Gasteiger partial charge is 0.467 e. The Balaban J connectivity index is 3.01. The summed E-state index contributed by atoms with van der Waals surface area (Å²) >= 11 is 0. The Kier molecular flexibility index (Phi) is 2.97. The van der Waals surface area contributed by atoms with Crippen LogP contribution in [0.25, 0.3) is 0 Å². The standard InChI is InChI=1S/C7H8N4O2/c1-12-6-9-5(3-4-8)10-7(11-6)13-2/h3H2,1-2H3. The molecular weight excluding hydrogens is 172 g/mol. The molecule has 0 aliphatic heterocycles. The molecule has 1 aromatic heterocycles. The molecule has 0 bridgehead atoms. The summed E-state index contributed by atoms with van der Waals surface area (Å²) in [6, 6.07) is 2.22. The average molecular weight is 180 g/mol. The Bertz CT molecular complexity index is 312. The molecule has 0 spiro atoms. The minimum atomic E-state index is 0.106. The molecule has 13 heavy (non-hydrogen) atoms. The molecular formula is C7H8N4O2. The first-order chi connectivity index (χ1) is 6.30. The van der Waals surface area contributed by atoms with Gasteiger partial charge in [-0.05, 0) is 0 Å². The van der Waals surface area contributed by atoms with Crippen LogP contribution < -0.4 is 9.47 Å². The van der Waals surface area contributed by atoms with Gasteiger partial charge >= 0.3 is 12.0 Å². The summed E-state index contributed by atoms with van der Waals surface area (Å²) in [7, 11) is 2.87. The fourth-order valence-corrected chi connectivity index (χ4v) is 0.710. The van der Waals surface area contributed by atoms with E-state index in [1.165, 1.54) is 14.2 Å². The van der Waals surface area contributed by atoms with Gasteiger partial charge < -0.3 is 9.47 Å². The predicted molar refractivity (Wildman–Crippen MR) is 42.2 cm³/mol. The van der Waals surface area contributed by atoms with Gasteiger partial charge in [0, 0.05) is 0 Å². The highest BCUT2D eigenvalue weighted by molar-refractivity contribution is 5.07. The second kappa shape index (κ2) is 4.21. The molecule has 0 aliphatic rings. The molecule has 1 heterocycles. The van der Waals surface area contributed by atoms with Crippen molar-refractivity contribution in [2.75, 3.05) is 14.2 Å². The van der Waals surface area contributed by atoms with Gasteiger partial charge in [-0.2, -0.15) is 15.2 Å². The molecule has 6 heteroatoms. The van der Waals surface area contributed by atoms with E-state index in [2.05, 4.69) is 15.0 Å². The number of methoxy groups -OCH3 is 2. The quantitative estimate of drug-likeness (QED) is 0.648. The zero-order valence-electron chi connectivity index (χ0n) is 7.31. The SMILES string of the molecule is COc1nc(CC#N)nc(OC)n1. The van der Waals surface area contributed by atoms with E-state index in [9.17, 15) is 0 Å². The Morgan fingerprint density at radius 3 is 2.08 bits per heavy atom. The van der Waals surface area contributed by atoms with Crippen molar-refractivity contribution in [1.29, 1.82) is 5.26 Å². The fraction of sp³-hybridized carbons (Fsp3) is 0.429. The lowest BCUT2D eigenvalue weighted by Gasteiger charge is -2.01. The van der Waals surface area contributed by atoms with Crippen LogP contribution in [0.5, 0.6) is 12.0 Å². The monoisotopic (exact) mass is 180 g/mol. The zero-order chi connectivity index (χ0) is 9.68. The third-order valence-electron chi connectivity index (χ3n) is 1.24. The number of hydrogen-bond acceptors (Lipinski definition) is 6. The lowest BCUT2D eigenvalue weighted by atomic mass is 10.4. The molecule has 6 nitrogen and oxygen atoms in total. The highest BCUT2D eigenvalue weighted by atomic mass is 16.5. The number of aromatic nitrogens is 3. The molecule has 0 atom stereocenters. The topological polar surface area (TPSA) is 80.9 Å². The maximum Gasteiger partial charge on any atom is 0.322 e. The van der Waals surface area contributed by atoms with Crippen molar-refractivity contribution in [3.05, 3.63) is 5.82 Å². The van der Waals surface area contributed by atoms with Gasteiger partial charge in [0.25, 0.3) is 0 Å². The summed E-state index contributed by atoms with van der Waals surface area (Å²) in [5.74, 6) is 0.339. The fourth-order valence-electron chi connectivity index (χ4n) is 0.710. The van der Waals surface area contributed by atoms with Crippen molar-refractivity contribution in [3.63, 3.8) is 0 Å². The van der Waals surface area contributed by atoms with Gasteiger partial charge in [0.1, 0.15) is 0 Å². The van der Waals surface area contributed by atoms with Crippen molar-refractivity contribution < 1.29 is 9.47 Å². The summed E-state index contributed by atoms with van der Waals surface area (Å²) in [5, 5.41) is 8.41. The molecule has 0 radical (unpaired) electrons. The van der Waals surface area contributed by atoms with Crippen LogP contribution in [0.4, 0.5) is 0 Å². The number of hydrogen-bond donors (Lipinski definition) is 0. The van der Waals surface area contributed by atoms with E-state index in [1.54, 1.807) is 0 Å². The van der Waals surface area contributed by atoms with E-state index in [4.69, 9.17) is 14.7 Å². The first kappa shape index (κ1) is 9.19. The first-order valence-corrected chi connectivity index (χ1v) is 3.50. The Hall–Kier alpha value is -1.90. The molecule has 0 aliphatic carbocycles. The summed E-state index contributed by atoms with van der Waals surface area (Å²) in [4.78, 5) is 11.5. The highest BCUT2D eigenvalue weighted by Gasteiger charge is 2.05. The normalized spacial score (nSPS) is 9.00. The predicted octanol–water partition coefficient (Wildman–Crippen LogP) is -0.0451. The summed E-state index contributed by atoms with van der Waals surface area (Å²) in [6.07, 6.45) is 0.106. The van der Waals surface area contributed by atoms with E-state index >= 15 is 0 Å².